The van der Waals surface area contributed by atoms with Gasteiger partial charge in [0.25, 0.3) is 0 Å². The molecule has 1 fully saturated rings. The van der Waals surface area contributed by atoms with Gasteiger partial charge in [-0.1, -0.05) is 29.0 Å². The van der Waals surface area contributed by atoms with E-state index in [4.69, 9.17) is 0 Å². The average Bonchev–Trinajstić information content (AvgIpc) is 2.86. The highest BCUT2D eigenvalue weighted by atomic mass is 32.2. The number of thioether (sulfide) groups is 1. The number of rotatable bonds is 3. The fraction of sp³-hybridized carbons (Fsp3) is 0.467. The minimum absolute atomic E-state index is 0.724. The molecule has 3 nitrogen and oxygen atoms in total. The Balaban J connectivity index is 1.56. The first-order chi connectivity index (χ1) is 9.70. The predicted octanol–water partition coefficient (Wildman–Crippen LogP) is 3.92. The normalized spacial score (nSPS) is 16.6. The minimum Gasteiger partial charge on any atom is -0.347 e. The second-order valence-electron chi connectivity index (χ2n) is 5.22. The summed E-state index contributed by atoms with van der Waals surface area (Å²) in [5, 5.41) is 11.2. The van der Waals surface area contributed by atoms with Crippen molar-refractivity contribution < 1.29 is 0 Å². The van der Waals surface area contributed by atoms with Crippen LogP contribution in [0.1, 0.15) is 23.4 Å². The van der Waals surface area contributed by atoms with E-state index in [0.717, 1.165) is 28.5 Å². The van der Waals surface area contributed by atoms with Crippen LogP contribution in [0.2, 0.25) is 0 Å². The topological polar surface area (TPSA) is 29.0 Å². The van der Waals surface area contributed by atoms with Crippen molar-refractivity contribution in [1.29, 1.82) is 0 Å². The van der Waals surface area contributed by atoms with E-state index in [0.29, 0.717) is 0 Å². The van der Waals surface area contributed by atoms with Crippen LogP contribution in [0.4, 0.5) is 5.13 Å². The maximum absolute atomic E-state index is 4.25. The number of nitrogens with zero attached hydrogens (tertiary/aromatic N) is 3. The molecule has 1 aromatic heterocycles. The van der Waals surface area contributed by atoms with Gasteiger partial charge < -0.3 is 4.90 Å². The second-order valence-corrected chi connectivity index (χ2v) is 7.76. The van der Waals surface area contributed by atoms with Crippen LogP contribution in [0, 0.1) is 13.8 Å². The van der Waals surface area contributed by atoms with Gasteiger partial charge in [-0.15, -0.1) is 22.0 Å². The van der Waals surface area contributed by atoms with Crippen molar-refractivity contribution in [2.24, 2.45) is 0 Å². The first-order valence-corrected chi connectivity index (χ1v) is 8.69. The lowest BCUT2D eigenvalue weighted by Gasteiger charge is -2.31. The molecule has 2 heterocycles. The third-order valence-electron chi connectivity index (χ3n) is 3.52. The molecule has 2 aromatic rings. The van der Waals surface area contributed by atoms with Crippen molar-refractivity contribution in [3.05, 3.63) is 34.8 Å². The molecule has 0 bridgehead atoms. The van der Waals surface area contributed by atoms with E-state index in [1.165, 1.54) is 23.3 Å². The first kappa shape index (κ1) is 13.9. The van der Waals surface area contributed by atoms with Crippen molar-refractivity contribution in [3.8, 4) is 0 Å². The van der Waals surface area contributed by atoms with Crippen molar-refractivity contribution in [2.75, 3.05) is 18.0 Å². The minimum atomic E-state index is 0.724. The van der Waals surface area contributed by atoms with Gasteiger partial charge in [-0.3, -0.25) is 0 Å². The lowest BCUT2D eigenvalue weighted by Crippen LogP contribution is -2.34. The number of hydrogen-bond acceptors (Lipinski definition) is 5. The number of hydrogen-bond donors (Lipinski definition) is 0. The maximum atomic E-state index is 4.25. The van der Waals surface area contributed by atoms with Gasteiger partial charge in [0, 0.05) is 23.2 Å². The molecule has 0 unspecified atom stereocenters. The van der Waals surface area contributed by atoms with Gasteiger partial charge in [0.15, 0.2) is 0 Å². The third kappa shape index (κ3) is 3.33. The summed E-state index contributed by atoms with van der Waals surface area (Å²) < 4.78 is 0. The van der Waals surface area contributed by atoms with Crippen LogP contribution in [0.3, 0.4) is 0 Å². The predicted molar refractivity (Wildman–Crippen MR) is 86.9 cm³/mol. The largest absolute Gasteiger partial charge is 0.347 e. The molecule has 106 valence electrons. The fourth-order valence-electron chi connectivity index (χ4n) is 2.46. The summed E-state index contributed by atoms with van der Waals surface area (Å²) in [5.41, 5.74) is 1.34. The molecule has 0 spiro atoms. The van der Waals surface area contributed by atoms with E-state index >= 15 is 0 Å². The number of anilines is 1. The molecule has 1 aromatic carbocycles. The monoisotopic (exact) mass is 305 g/mol. The number of aryl methyl sites for hydroxylation is 2. The third-order valence-corrected chi connectivity index (χ3v) is 5.75. The molecule has 1 saturated heterocycles. The highest BCUT2D eigenvalue weighted by Crippen LogP contribution is 2.32. The molecule has 1 aliphatic rings. The summed E-state index contributed by atoms with van der Waals surface area (Å²) in [5.74, 6) is 0. The summed E-state index contributed by atoms with van der Waals surface area (Å²) in [6, 6.07) is 8.81. The summed E-state index contributed by atoms with van der Waals surface area (Å²) in [7, 11) is 0. The molecular weight excluding hydrogens is 286 g/mol. The average molecular weight is 305 g/mol. The van der Waals surface area contributed by atoms with E-state index in [9.17, 15) is 0 Å². The Kier molecular flexibility index (Phi) is 4.27. The van der Waals surface area contributed by atoms with Gasteiger partial charge in [0.1, 0.15) is 5.01 Å². The molecule has 0 saturated carbocycles. The Morgan fingerprint density at radius 1 is 1.20 bits per heavy atom. The first-order valence-electron chi connectivity index (χ1n) is 6.99. The van der Waals surface area contributed by atoms with Gasteiger partial charge in [-0.2, -0.15) is 0 Å². The van der Waals surface area contributed by atoms with Crippen LogP contribution in [-0.2, 0) is 0 Å². The van der Waals surface area contributed by atoms with Crippen molar-refractivity contribution in [2.45, 2.75) is 36.8 Å². The van der Waals surface area contributed by atoms with E-state index in [2.05, 4.69) is 46.3 Å². The lowest BCUT2D eigenvalue weighted by molar-refractivity contribution is 0.588. The fourth-order valence-corrected chi connectivity index (χ4v) is 4.44. The van der Waals surface area contributed by atoms with E-state index in [-0.39, 0.29) is 0 Å². The Labute approximate surface area is 128 Å². The Hall–Kier alpha value is -1.07. The van der Waals surface area contributed by atoms with Gasteiger partial charge >= 0.3 is 0 Å². The molecular formula is C15H19N3S2. The molecule has 5 heteroatoms. The van der Waals surface area contributed by atoms with Crippen molar-refractivity contribution in [3.63, 3.8) is 0 Å². The van der Waals surface area contributed by atoms with Crippen molar-refractivity contribution >= 4 is 28.2 Å². The van der Waals surface area contributed by atoms with Crippen LogP contribution >= 0.6 is 23.1 Å². The van der Waals surface area contributed by atoms with Crippen LogP contribution in [0.25, 0.3) is 0 Å². The molecule has 0 amide bonds. The quantitative estimate of drug-likeness (QED) is 0.859. The van der Waals surface area contributed by atoms with Gasteiger partial charge in [0.05, 0.1) is 0 Å². The molecule has 0 radical (unpaired) electrons. The maximum Gasteiger partial charge on any atom is 0.208 e. The summed E-state index contributed by atoms with van der Waals surface area (Å²) >= 11 is 3.72. The van der Waals surface area contributed by atoms with Crippen LogP contribution in [0.15, 0.2) is 29.2 Å². The number of benzene rings is 1. The van der Waals surface area contributed by atoms with Crippen LogP contribution < -0.4 is 4.90 Å². The van der Waals surface area contributed by atoms with Crippen molar-refractivity contribution in [1.82, 2.24) is 10.2 Å². The SMILES string of the molecule is Cc1cccc(SC2CCN(c3nnc(C)s3)CC2)c1. The summed E-state index contributed by atoms with van der Waals surface area (Å²) in [6.07, 6.45) is 2.44. The zero-order valence-corrected chi connectivity index (χ0v) is 13.5. The molecule has 0 aliphatic carbocycles. The molecule has 0 N–H and O–H groups in total. The van der Waals surface area contributed by atoms with E-state index in [1.54, 1.807) is 11.3 Å². The Morgan fingerprint density at radius 2 is 2.00 bits per heavy atom. The molecule has 0 atom stereocenters. The Bertz CT molecular complexity index is 574. The molecule has 20 heavy (non-hydrogen) atoms. The molecule has 1 aliphatic heterocycles. The lowest BCUT2D eigenvalue weighted by atomic mass is 10.1. The highest BCUT2D eigenvalue weighted by Gasteiger charge is 2.22. The Morgan fingerprint density at radius 3 is 2.65 bits per heavy atom. The van der Waals surface area contributed by atoms with Crippen LogP contribution in [-0.4, -0.2) is 28.5 Å². The van der Waals surface area contributed by atoms with Gasteiger partial charge in [0.2, 0.25) is 5.13 Å². The van der Waals surface area contributed by atoms with Gasteiger partial charge in [-0.05, 0) is 38.8 Å². The van der Waals surface area contributed by atoms with E-state index < -0.39 is 0 Å². The number of aromatic nitrogens is 2. The highest BCUT2D eigenvalue weighted by molar-refractivity contribution is 8.00. The smallest absolute Gasteiger partial charge is 0.208 e. The molecule has 3 rings (SSSR count). The van der Waals surface area contributed by atoms with E-state index in [1.807, 2.05) is 18.7 Å². The van der Waals surface area contributed by atoms with Crippen LogP contribution in [0.5, 0.6) is 0 Å². The second kappa shape index (κ2) is 6.14. The number of piperidine rings is 1. The summed E-state index contributed by atoms with van der Waals surface area (Å²) in [4.78, 5) is 3.77. The summed E-state index contributed by atoms with van der Waals surface area (Å²) in [6.45, 7) is 6.36. The standard InChI is InChI=1S/C15H19N3S2/c1-11-4-3-5-14(10-11)20-13-6-8-18(9-7-13)15-17-16-12(2)19-15/h3-5,10,13H,6-9H2,1-2H3. The van der Waals surface area contributed by atoms with Gasteiger partial charge in [-0.25, -0.2) is 0 Å². The zero-order valence-electron chi connectivity index (χ0n) is 11.9. The zero-order chi connectivity index (χ0) is 13.9.